The van der Waals surface area contributed by atoms with Gasteiger partial charge in [0, 0.05) is 6.54 Å². The van der Waals surface area contributed by atoms with Crippen LogP contribution in [0.2, 0.25) is 0 Å². The molecular weight excluding hydrogens is 310 g/mol. The second-order valence-electron chi connectivity index (χ2n) is 4.22. The molecule has 22 heavy (non-hydrogen) atoms. The van der Waals surface area contributed by atoms with E-state index in [0.717, 1.165) is 12.1 Å². The van der Waals surface area contributed by atoms with Gasteiger partial charge in [-0.3, -0.25) is 4.79 Å². The van der Waals surface area contributed by atoms with E-state index in [2.05, 4.69) is 10.1 Å². The van der Waals surface area contributed by atoms with E-state index in [-0.39, 0.29) is 18.7 Å². The van der Waals surface area contributed by atoms with Crippen molar-refractivity contribution in [2.45, 2.75) is 12.3 Å². The molecule has 1 unspecified atom stereocenters. The summed E-state index contributed by atoms with van der Waals surface area (Å²) in [6.45, 7) is -0.793. The van der Waals surface area contributed by atoms with Crippen LogP contribution in [-0.4, -0.2) is 36.7 Å². The highest BCUT2D eigenvalue weighted by Crippen LogP contribution is 2.30. The van der Waals surface area contributed by atoms with Crippen molar-refractivity contribution in [2.24, 2.45) is 0 Å². The average molecular weight is 323 g/mol. The summed E-state index contributed by atoms with van der Waals surface area (Å²) in [6, 6.07) is 3.14. The molecule has 0 aliphatic heterocycles. The molecule has 0 fully saturated rings. The number of halogens is 4. The van der Waals surface area contributed by atoms with Crippen LogP contribution in [0.15, 0.2) is 24.3 Å². The van der Waals surface area contributed by atoms with E-state index in [1.807, 2.05) is 0 Å². The first-order chi connectivity index (χ1) is 10.2. The second kappa shape index (κ2) is 7.74. The van der Waals surface area contributed by atoms with Crippen LogP contribution in [0.25, 0.3) is 0 Å². The van der Waals surface area contributed by atoms with Gasteiger partial charge >= 0.3 is 12.1 Å². The van der Waals surface area contributed by atoms with Crippen LogP contribution in [0.1, 0.15) is 17.3 Å². The van der Waals surface area contributed by atoms with Gasteiger partial charge in [-0.15, -0.1) is 0 Å². The van der Waals surface area contributed by atoms with Crippen LogP contribution in [-0.2, 0) is 20.5 Å². The van der Waals surface area contributed by atoms with Crippen molar-refractivity contribution in [3.05, 3.63) is 35.4 Å². The Hall–Kier alpha value is -2.16. The summed E-state index contributed by atoms with van der Waals surface area (Å²) in [5, 5.41) is 10.4. The Balaban J connectivity index is 2.47. The fraction of sp³-hybridized carbons (Fsp3) is 0.385. The highest BCUT2D eigenvalue weighted by Gasteiger charge is 2.30. The first kappa shape index (κ1) is 17.9. The normalized spacial score (nSPS) is 12.7. The lowest BCUT2D eigenvalue weighted by molar-refractivity contribution is -0.142. The number of alkyl halides is 4. The van der Waals surface area contributed by atoms with Gasteiger partial charge in [-0.25, -0.2) is 9.18 Å². The first-order valence-electron chi connectivity index (χ1n) is 6.10. The molecular formula is C13H13F4NO4. The number of hydrogen-bond donors (Lipinski definition) is 2. The lowest BCUT2D eigenvalue weighted by atomic mass is 10.1. The number of amides is 1. The highest BCUT2D eigenvalue weighted by atomic mass is 19.4. The fourth-order valence-electron chi connectivity index (χ4n) is 1.49. The lowest BCUT2D eigenvalue weighted by Crippen LogP contribution is -2.31. The molecule has 1 aromatic rings. The zero-order valence-electron chi connectivity index (χ0n) is 11.2. The minimum atomic E-state index is -4.53. The van der Waals surface area contributed by atoms with Crippen molar-refractivity contribution >= 4 is 11.9 Å². The molecule has 0 saturated carbocycles. The average Bonchev–Trinajstić information content (AvgIpc) is 2.44. The van der Waals surface area contributed by atoms with Gasteiger partial charge in [-0.2, -0.15) is 13.2 Å². The molecule has 9 heteroatoms. The number of aliphatic carboxylic acids is 1. The van der Waals surface area contributed by atoms with Crippen LogP contribution >= 0.6 is 0 Å². The van der Waals surface area contributed by atoms with Gasteiger partial charge in [0.1, 0.15) is 6.61 Å². The van der Waals surface area contributed by atoms with Crippen molar-refractivity contribution in [2.75, 3.05) is 19.8 Å². The number of carboxylic acid groups (broad SMARTS) is 1. The van der Waals surface area contributed by atoms with E-state index in [1.54, 1.807) is 0 Å². The van der Waals surface area contributed by atoms with Crippen LogP contribution in [0.5, 0.6) is 0 Å². The van der Waals surface area contributed by atoms with Gasteiger partial charge in [-0.1, -0.05) is 12.1 Å². The molecule has 0 heterocycles. The number of ether oxygens (including phenoxy) is 1. The molecule has 1 amide bonds. The standard InChI is InChI=1S/C13H13F4NO4/c14-11(12(21)18-5-6-22-7-10(19)20)8-1-3-9(4-2-8)13(15,16)17/h1-4,11H,5-7H2,(H,18,21)(H,19,20). The Labute approximate surface area is 122 Å². The zero-order chi connectivity index (χ0) is 16.8. The molecule has 1 rings (SSSR count). The second-order valence-corrected chi connectivity index (χ2v) is 4.22. The van der Waals surface area contributed by atoms with Crippen molar-refractivity contribution in [1.82, 2.24) is 5.32 Å². The van der Waals surface area contributed by atoms with Crippen LogP contribution in [0.4, 0.5) is 17.6 Å². The van der Waals surface area contributed by atoms with E-state index in [4.69, 9.17) is 5.11 Å². The van der Waals surface area contributed by atoms with Crippen molar-refractivity contribution < 1.29 is 37.0 Å². The third-order valence-electron chi connectivity index (χ3n) is 2.53. The topological polar surface area (TPSA) is 75.6 Å². The summed E-state index contributed by atoms with van der Waals surface area (Å²) < 4.78 is 55.4. The molecule has 122 valence electrons. The Morgan fingerprint density at radius 2 is 1.82 bits per heavy atom. The number of benzene rings is 1. The number of carboxylic acids is 1. The van der Waals surface area contributed by atoms with Crippen LogP contribution in [0.3, 0.4) is 0 Å². The Bertz CT molecular complexity index is 516. The smallest absolute Gasteiger partial charge is 0.416 e. The van der Waals surface area contributed by atoms with E-state index in [9.17, 15) is 27.2 Å². The van der Waals surface area contributed by atoms with Crippen LogP contribution < -0.4 is 5.32 Å². The number of carbonyl (C=O) groups is 2. The molecule has 5 nitrogen and oxygen atoms in total. The summed E-state index contributed by atoms with van der Waals surface area (Å²) in [6.07, 6.45) is -6.66. The molecule has 0 aromatic heterocycles. The number of carbonyl (C=O) groups excluding carboxylic acids is 1. The lowest BCUT2D eigenvalue weighted by Gasteiger charge is -2.11. The maximum atomic E-state index is 13.8. The molecule has 0 bridgehead atoms. The number of rotatable bonds is 7. The molecule has 0 aliphatic carbocycles. The van der Waals surface area contributed by atoms with Gasteiger partial charge in [0.15, 0.2) is 0 Å². The molecule has 0 radical (unpaired) electrons. The van der Waals surface area contributed by atoms with E-state index in [0.29, 0.717) is 12.1 Å². The first-order valence-corrected chi connectivity index (χ1v) is 6.10. The SMILES string of the molecule is O=C(O)COCCNC(=O)C(F)c1ccc(C(F)(F)F)cc1. The number of hydrogen-bond acceptors (Lipinski definition) is 3. The van der Waals surface area contributed by atoms with E-state index in [1.165, 1.54) is 0 Å². The van der Waals surface area contributed by atoms with Gasteiger partial charge in [0.25, 0.3) is 5.91 Å². The van der Waals surface area contributed by atoms with Gasteiger partial charge in [0.05, 0.1) is 12.2 Å². The van der Waals surface area contributed by atoms with Crippen molar-refractivity contribution in [1.29, 1.82) is 0 Å². The predicted molar refractivity (Wildman–Crippen MR) is 66.8 cm³/mol. The fourth-order valence-corrected chi connectivity index (χ4v) is 1.49. The quantitative estimate of drug-likeness (QED) is 0.594. The minimum absolute atomic E-state index is 0.118. The summed E-state index contributed by atoms with van der Waals surface area (Å²) >= 11 is 0. The van der Waals surface area contributed by atoms with Crippen LogP contribution in [0, 0.1) is 0 Å². The van der Waals surface area contributed by atoms with Gasteiger partial charge in [-0.05, 0) is 17.7 Å². The monoisotopic (exact) mass is 323 g/mol. The maximum Gasteiger partial charge on any atom is 0.416 e. The molecule has 1 aromatic carbocycles. The Kier molecular flexibility index (Phi) is 6.29. The summed E-state index contributed by atoms with van der Waals surface area (Å²) in [7, 11) is 0. The van der Waals surface area contributed by atoms with Gasteiger partial charge in [0.2, 0.25) is 6.17 Å². The zero-order valence-corrected chi connectivity index (χ0v) is 11.2. The third kappa shape index (κ3) is 5.68. The molecule has 1 atom stereocenters. The Morgan fingerprint density at radius 1 is 1.23 bits per heavy atom. The van der Waals surface area contributed by atoms with Crippen molar-refractivity contribution in [3.63, 3.8) is 0 Å². The third-order valence-corrected chi connectivity index (χ3v) is 2.53. The predicted octanol–water partition coefficient (Wildman–Crippen LogP) is 1.93. The minimum Gasteiger partial charge on any atom is -0.480 e. The summed E-state index contributed by atoms with van der Waals surface area (Å²) in [5.74, 6) is -2.22. The summed E-state index contributed by atoms with van der Waals surface area (Å²) in [4.78, 5) is 21.6. The van der Waals surface area contributed by atoms with E-state index < -0.39 is 36.4 Å². The van der Waals surface area contributed by atoms with Crippen molar-refractivity contribution in [3.8, 4) is 0 Å². The maximum absolute atomic E-state index is 13.8. The molecule has 0 saturated heterocycles. The number of nitrogens with one attached hydrogen (secondary N) is 1. The summed E-state index contributed by atoms with van der Waals surface area (Å²) in [5.41, 5.74) is -1.15. The Morgan fingerprint density at radius 3 is 2.32 bits per heavy atom. The van der Waals surface area contributed by atoms with Gasteiger partial charge < -0.3 is 15.2 Å². The molecule has 0 aliphatic rings. The highest BCUT2D eigenvalue weighted by molar-refractivity contribution is 5.82. The molecule has 0 spiro atoms. The largest absolute Gasteiger partial charge is 0.480 e. The molecule has 2 N–H and O–H groups in total. The van der Waals surface area contributed by atoms with E-state index >= 15 is 0 Å².